The van der Waals surface area contributed by atoms with E-state index in [2.05, 4.69) is 15.2 Å². The van der Waals surface area contributed by atoms with Crippen molar-refractivity contribution in [3.05, 3.63) is 48.0 Å². The first-order valence-corrected chi connectivity index (χ1v) is 9.30. The van der Waals surface area contributed by atoms with Crippen molar-refractivity contribution >= 4 is 22.8 Å². The number of anilines is 1. The predicted octanol–water partition coefficient (Wildman–Crippen LogP) is 3.40. The number of carboxylic acid groups (broad SMARTS) is 1. The summed E-state index contributed by atoms with van der Waals surface area (Å²) in [5, 5.41) is 22.5. The molecule has 28 heavy (non-hydrogen) atoms. The highest BCUT2D eigenvalue weighted by Gasteiger charge is 2.26. The molecule has 1 aliphatic heterocycles. The van der Waals surface area contributed by atoms with Gasteiger partial charge in [0.2, 0.25) is 0 Å². The summed E-state index contributed by atoms with van der Waals surface area (Å²) < 4.78 is 0. The molecule has 2 aromatic carbocycles. The third kappa shape index (κ3) is 3.55. The number of phenols is 1. The minimum atomic E-state index is -0.997. The molecule has 7 nitrogen and oxygen atoms in total. The molecule has 1 amide bonds. The van der Waals surface area contributed by atoms with Crippen molar-refractivity contribution in [2.75, 3.05) is 24.5 Å². The summed E-state index contributed by atoms with van der Waals surface area (Å²) in [5.74, 6) is 1.69. The fourth-order valence-electron chi connectivity index (χ4n) is 3.67. The van der Waals surface area contributed by atoms with E-state index in [9.17, 15) is 9.90 Å². The molecular weight excluding hydrogens is 356 g/mol. The lowest BCUT2D eigenvalue weighted by atomic mass is 10.1. The number of phenolic OH excluding ortho intramolecular Hbond substituents is 1. The maximum atomic E-state index is 10.8. The molecule has 0 unspecified atom stereocenters. The van der Waals surface area contributed by atoms with Gasteiger partial charge in [-0.2, -0.15) is 0 Å². The highest BCUT2D eigenvalue weighted by Crippen LogP contribution is 2.33. The summed E-state index contributed by atoms with van der Waals surface area (Å²) in [7, 11) is 0. The van der Waals surface area contributed by atoms with Crippen LogP contribution in [0, 0.1) is 12.8 Å². The lowest BCUT2D eigenvalue weighted by Crippen LogP contribution is -2.30. The van der Waals surface area contributed by atoms with Crippen LogP contribution in [-0.2, 0) is 0 Å². The second-order valence-corrected chi connectivity index (χ2v) is 7.20. The molecule has 2 heterocycles. The molecular formula is C21H22N4O3. The number of aromatic hydroxyl groups is 1. The Morgan fingerprint density at radius 1 is 1.25 bits per heavy atom. The van der Waals surface area contributed by atoms with E-state index in [0.717, 1.165) is 41.8 Å². The van der Waals surface area contributed by atoms with Crippen LogP contribution in [0.25, 0.3) is 22.3 Å². The highest BCUT2D eigenvalue weighted by molar-refractivity contribution is 5.92. The van der Waals surface area contributed by atoms with Crippen LogP contribution in [0.4, 0.5) is 10.6 Å². The molecule has 0 radical (unpaired) electrons. The third-order valence-corrected chi connectivity index (χ3v) is 5.10. The number of amides is 1. The zero-order valence-electron chi connectivity index (χ0n) is 15.6. The smallest absolute Gasteiger partial charge is 0.404 e. The van der Waals surface area contributed by atoms with Crippen LogP contribution in [0.1, 0.15) is 12.0 Å². The lowest BCUT2D eigenvalue weighted by Gasteiger charge is -2.20. The molecule has 1 saturated heterocycles. The van der Waals surface area contributed by atoms with Gasteiger partial charge in [0, 0.05) is 25.0 Å². The summed E-state index contributed by atoms with van der Waals surface area (Å²) in [4.78, 5) is 22.4. The standard InChI is InChI=1S/C21H22N4O3/c1-13-6-7-15-17(10-13)23-19(16-4-2-3-5-18(16)26)24-20(15)25-9-8-14(12-25)11-22-21(27)28/h2-7,10,14,22,26H,8-9,11-12H2,1H3,(H,27,28)/t14-/m0/s1. The topological polar surface area (TPSA) is 98.6 Å². The van der Waals surface area contributed by atoms with Gasteiger partial charge in [-0.25, -0.2) is 14.8 Å². The average molecular weight is 378 g/mol. The molecule has 0 bridgehead atoms. The van der Waals surface area contributed by atoms with Crippen LogP contribution < -0.4 is 10.2 Å². The van der Waals surface area contributed by atoms with Crippen molar-refractivity contribution in [1.82, 2.24) is 15.3 Å². The van der Waals surface area contributed by atoms with Crippen LogP contribution >= 0.6 is 0 Å². The number of aryl methyl sites for hydroxylation is 1. The van der Waals surface area contributed by atoms with Gasteiger partial charge in [-0.15, -0.1) is 0 Å². The Bertz CT molecular complexity index is 1040. The minimum absolute atomic E-state index is 0.144. The fourth-order valence-corrected chi connectivity index (χ4v) is 3.67. The van der Waals surface area contributed by atoms with Crippen molar-refractivity contribution in [1.29, 1.82) is 0 Å². The number of hydrogen-bond donors (Lipinski definition) is 3. The Hall–Kier alpha value is -3.35. The van der Waals surface area contributed by atoms with Crippen LogP contribution in [0.3, 0.4) is 0 Å². The van der Waals surface area contributed by atoms with Crippen molar-refractivity contribution in [3.8, 4) is 17.1 Å². The van der Waals surface area contributed by atoms with Crippen molar-refractivity contribution in [2.45, 2.75) is 13.3 Å². The highest BCUT2D eigenvalue weighted by atomic mass is 16.4. The largest absolute Gasteiger partial charge is 0.507 e. The van der Waals surface area contributed by atoms with E-state index in [-0.39, 0.29) is 11.7 Å². The maximum absolute atomic E-state index is 10.8. The van der Waals surface area contributed by atoms with Gasteiger partial charge in [-0.1, -0.05) is 18.2 Å². The summed E-state index contributed by atoms with van der Waals surface area (Å²) in [6, 6.07) is 13.1. The minimum Gasteiger partial charge on any atom is -0.507 e. The maximum Gasteiger partial charge on any atom is 0.404 e. The number of fused-ring (bicyclic) bond motifs is 1. The third-order valence-electron chi connectivity index (χ3n) is 5.10. The molecule has 1 aromatic heterocycles. The van der Waals surface area contributed by atoms with E-state index in [1.807, 2.05) is 31.2 Å². The first-order valence-electron chi connectivity index (χ1n) is 9.30. The van der Waals surface area contributed by atoms with Gasteiger partial charge < -0.3 is 20.4 Å². The van der Waals surface area contributed by atoms with Gasteiger partial charge in [0.05, 0.1) is 11.1 Å². The zero-order valence-corrected chi connectivity index (χ0v) is 15.6. The average Bonchev–Trinajstić information content (AvgIpc) is 3.14. The normalized spacial score (nSPS) is 16.5. The van der Waals surface area contributed by atoms with Gasteiger partial charge in [0.15, 0.2) is 5.82 Å². The van der Waals surface area contributed by atoms with E-state index < -0.39 is 6.09 Å². The van der Waals surface area contributed by atoms with E-state index in [0.29, 0.717) is 17.9 Å². The number of nitrogens with one attached hydrogen (secondary N) is 1. The molecule has 0 spiro atoms. The monoisotopic (exact) mass is 378 g/mol. The summed E-state index contributed by atoms with van der Waals surface area (Å²) in [6.45, 7) is 3.97. The summed E-state index contributed by atoms with van der Waals surface area (Å²) >= 11 is 0. The predicted molar refractivity (Wildman–Crippen MR) is 108 cm³/mol. The Morgan fingerprint density at radius 2 is 2.07 bits per heavy atom. The molecule has 7 heteroatoms. The quantitative estimate of drug-likeness (QED) is 0.644. The van der Waals surface area contributed by atoms with Gasteiger partial charge in [0.25, 0.3) is 0 Å². The lowest BCUT2D eigenvalue weighted by molar-refractivity contribution is 0.192. The van der Waals surface area contributed by atoms with E-state index in [1.165, 1.54) is 0 Å². The van der Waals surface area contributed by atoms with Crippen LogP contribution in [-0.4, -0.2) is 45.9 Å². The van der Waals surface area contributed by atoms with Gasteiger partial charge >= 0.3 is 6.09 Å². The molecule has 3 aromatic rings. The number of aromatic nitrogens is 2. The molecule has 1 atom stereocenters. The molecule has 3 N–H and O–H groups in total. The molecule has 0 saturated carbocycles. The van der Waals surface area contributed by atoms with E-state index >= 15 is 0 Å². The van der Waals surface area contributed by atoms with Gasteiger partial charge in [-0.3, -0.25) is 0 Å². The van der Waals surface area contributed by atoms with Crippen molar-refractivity contribution in [2.24, 2.45) is 5.92 Å². The molecule has 144 valence electrons. The van der Waals surface area contributed by atoms with Crippen LogP contribution in [0.2, 0.25) is 0 Å². The Kier molecular flexibility index (Phi) is 4.73. The SMILES string of the molecule is Cc1ccc2c(N3CC[C@@H](CNC(=O)O)C3)nc(-c3ccccc3O)nc2c1. The molecule has 4 rings (SSSR count). The van der Waals surface area contributed by atoms with Crippen LogP contribution in [0.5, 0.6) is 5.75 Å². The second kappa shape index (κ2) is 7.34. The van der Waals surface area contributed by atoms with Crippen molar-refractivity contribution in [3.63, 3.8) is 0 Å². The van der Waals surface area contributed by atoms with Crippen molar-refractivity contribution < 1.29 is 15.0 Å². The number of benzene rings is 2. The van der Waals surface area contributed by atoms with Gasteiger partial charge in [0.1, 0.15) is 11.6 Å². The van der Waals surface area contributed by atoms with E-state index in [1.54, 1.807) is 18.2 Å². The van der Waals surface area contributed by atoms with Crippen LogP contribution in [0.15, 0.2) is 42.5 Å². The Balaban J connectivity index is 1.75. The second-order valence-electron chi connectivity index (χ2n) is 7.20. The molecule has 1 aliphatic rings. The summed E-state index contributed by atoms with van der Waals surface area (Å²) in [5.41, 5.74) is 2.52. The number of rotatable bonds is 4. The fraction of sp³-hybridized carbons (Fsp3) is 0.286. The first-order chi connectivity index (χ1) is 13.5. The Labute approximate surface area is 162 Å². The summed E-state index contributed by atoms with van der Waals surface area (Å²) in [6.07, 6.45) is -0.105. The number of carbonyl (C=O) groups is 1. The first kappa shape index (κ1) is 18.0. The number of para-hydroxylation sites is 1. The number of hydrogen-bond acceptors (Lipinski definition) is 5. The Morgan fingerprint density at radius 3 is 2.86 bits per heavy atom. The molecule has 0 aliphatic carbocycles. The van der Waals surface area contributed by atoms with Gasteiger partial charge in [-0.05, 0) is 49.1 Å². The van der Waals surface area contributed by atoms with E-state index in [4.69, 9.17) is 10.1 Å². The number of nitrogens with zero attached hydrogens (tertiary/aromatic N) is 3. The zero-order chi connectivity index (χ0) is 19.7. The molecule has 1 fully saturated rings.